The summed E-state index contributed by atoms with van der Waals surface area (Å²) in [6.07, 6.45) is 1.40. The van der Waals surface area contributed by atoms with Gasteiger partial charge in [-0.3, -0.25) is 4.79 Å². The third kappa shape index (κ3) is 5.65. The highest BCUT2D eigenvalue weighted by Gasteiger charge is 2.15. The van der Waals surface area contributed by atoms with Gasteiger partial charge < -0.3 is 19.3 Å². The van der Waals surface area contributed by atoms with Crippen LogP contribution >= 0.6 is 11.6 Å². The van der Waals surface area contributed by atoms with Gasteiger partial charge in [-0.2, -0.15) is 5.26 Å². The van der Waals surface area contributed by atoms with E-state index in [1.54, 1.807) is 25.1 Å². The van der Waals surface area contributed by atoms with Crippen LogP contribution in [0.2, 0.25) is 5.02 Å². The minimum absolute atomic E-state index is 0.132. The highest BCUT2D eigenvalue weighted by molar-refractivity contribution is 6.32. The summed E-state index contributed by atoms with van der Waals surface area (Å²) in [5.74, 6) is 0.903. The second-order valence-electron chi connectivity index (χ2n) is 6.76. The van der Waals surface area contributed by atoms with Gasteiger partial charge in [0.15, 0.2) is 17.3 Å². The number of carbonyl (C=O) groups is 1. The lowest BCUT2D eigenvalue weighted by molar-refractivity contribution is -0.112. The average Bonchev–Trinajstić information content (AvgIpc) is 3.15. The quantitative estimate of drug-likeness (QED) is 0.409. The number of halogens is 1. The van der Waals surface area contributed by atoms with Gasteiger partial charge in [-0.25, -0.2) is 0 Å². The highest BCUT2D eigenvalue weighted by Crippen LogP contribution is 2.37. The molecule has 3 rings (SSSR count). The first kappa shape index (κ1) is 21.9. The molecule has 7 nitrogen and oxygen atoms in total. The first-order valence-electron chi connectivity index (χ1n) is 9.32. The Kier molecular flexibility index (Phi) is 6.96. The van der Waals surface area contributed by atoms with Crippen molar-refractivity contribution in [1.82, 2.24) is 5.16 Å². The minimum Gasteiger partial charge on any atom is -0.493 e. The van der Waals surface area contributed by atoms with Crippen molar-refractivity contribution >= 4 is 29.4 Å². The van der Waals surface area contributed by atoms with Crippen molar-refractivity contribution < 1.29 is 18.8 Å². The molecule has 0 atom stereocenters. The van der Waals surface area contributed by atoms with E-state index in [0.717, 1.165) is 11.1 Å². The second kappa shape index (κ2) is 9.83. The third-order valence-corrected chi connectivity index (χ3v) is 4.54. The number of aromatic nitrogens is 1. The number of methoxy groups -OCH3 is 1. The number of hydrogen-bond acceptors (Lipinski definition) is 6. The van der Waals surface area contributed by atoms with Gasteiger partial charge in [0, 0.05) is 6.07 Å². The Hall–Kier alpha value is -3.76. The zero-order chi connectivity index (χ0) is 22.4. The van der Waals surface area contributed by atoms with Crippen molar-refractivity contribution in [2.75, 3.05) is 12.4 Å². The first-order valence-corrected chi connectivity index (χ1v) is 9.69. The standard InChI is InChI=1S/C23H20ClN3O4/c1-14-5-4-6-16(7-14)13-30-22-19(24)10-17(11-20(22)29-3)9-18(12-25)23(28)26-21-8-15(2)31-27-21/h4-11H,13H2,1-3H3,(H,26,27,28)/b18-9-. The SMILES string of the molecule is COc1cc(/C=C(/C#N)C(=O)Nc2cc(C)on2)cc(Cl)c1OCc1cccc(C)c1. The predicted molar refractivity (Wildman–Crippen MR) is 117 cm³/mol. The van der Waals surface area contributed by atoms with E-state index >= 15 is 0 Å². The molecule has 158 valence electrons. The number of hydrogen-bond donors (Lipinski definition) is 1. The zero-order valence-electron chi connectivity index (χ0n) is 17.2. The Labute approximate surface area is 184 Å². The predicted octanol–water partition coefficient (Wildman–Crippen LogP) is 5.08. The molecule has 1 heterocycles. The summed E-state index contributed by atoms with van der Waals surface area (Å²) < 4.78 is 16.2. The number of nitrogens with zero attached hydrogens (tertiary/aromatic N) is 2. The van der Waals surface area contributed by atoms with Crippen LogP contribution in [0, 0.1) is 25.2 Å². The van der Waals surface area contributed by atoms with Crippen LogP contribution in [0.25, 0.3) is 6.08 Å². The topological polar surface area (TPSA) is 97.4 Å². The molecular formula is C23H20ClN3O4. The number of amides is 1. The van der Waals surface area contributed by atoms with Gasteiger partial charge in [-0.15, -0.1) is 0 Å². The Morgan fingerprint density at radius 2 is 2.10 bits per heavy atom. The van der Waals surface area contributed by atoms with Crippen molar-refractivity contribution in [1.29, 1.82) is 5.26 Å². The average molecular weight is 438 g/mol. The van der Waals surface area contributed by atoms with Crippen LogP contribution in [-0.2, 0) is 11.4 Å². The Bertz CT molecular complexity index is 1180. The summed E-state index contributed by atoms with van der Waals surface area (Å²) in [7, 11) is 1.49. The maximum absolute atomic E-state index is 12.4. The van der Waals surface area contributed by atoms with Crippen molar-refractivity contribution in [3.8, 4) is 17.6 Å². The zero-order valence-corrected chi connectivity index (χ0v) is 18.0. The second-order valence-corrected chi connectivity index (χ2v) is 7.17. The molecule has 0 fully saturated rings. The van der Waals surface area contributed by atoms with Gasteiger partial charge in [0.05, 0.1) is 12.1 Å². The molecule has 3 aromatic rings. The Morgan fingerprint density at radius 1 is 1.29 bits per heavy atom. The number of benzene rings is 2. The van der Waals surface area contributed by atoms with Crippen LogP contribution in [0.3, 0.4) is 0 Å². The van der Waals surface area contributed by atoms with Crippen molar-refractivity contribution in [2.45, 2.75) is 20.5 Å². The fraction of sp³-hybridized carbons (Fsp3) is 0.174. The van der Waals surface area contributed by atoms with E-state index in [1.807, 2.05) is 37.3 Å². The van der Waals surface area contributed by atoms with Crippen LogP contribution in [-0.4, -0.2) is 18.2 Å². The van der Waals surface area contributed by atoms with Gasteiger partial charge in [0.25, 0.3) is 5.91 Å². The molecule has 1 N–H and O–H groups in total. The maximum Gasteiger partial charge on any atom is 0.267 e. The molecule has 0 aliphatic rings. The third-order valence-electron chi connectivity index (χ3n) is 4.26. The largest absolute Gasteiger partial charge is 0.493 e. The lowest BCUT2D eigenvalue weighted by Gasteiger charge is -2.14. The van der Waals surface area contributed by atoms with Gasteiger partial charge in [0.1, 0.15) is 24.0 Å². The van der Waals surface area contributed by atoms with E-state index in [-0.39, 0.29) is 11.4 Å². The van der Waals surface area contributed by atoms with Crippen LogP contribution < -0.4 is 14.8 Å². The molecule has 0 unspecified atom stereocenters. The van der Waals surface area contributed by atoms with E-state index in [9.17, 15) is 10.1 Å². The maximum atomic E-state index is 12.4. The molecule has 2 aromatic carbocycles. The van der Waals surface area contributed by atoms with E-state index in [1.165, 1.54) is 13.2 Å². The van der Waals surface area contributed by atoms with Crippen molar-refractivity contribution in [3.63, 3.8) is 0 Å². The van der Waals surface area contributed by atoms with Crippen LogP contribution in [0.5, 0.6) is 11.5 Å². The molecule has 0 aliphatic carbocycles. The molecule has 0 saturated heterocycles. The highest BCUT2D eigenvalue weighted by atomic mass is 35.5. The van der Waals surface area contributed by atoms with E-state index in [2.05, 4.69) is 10.5 Å². The summed E-state index contributed by atoms with van der Waals surface area (Å²) >= 11 is 6.41. The fourth-order valence-electron chi connectivity index (χ4n) is 2.84. The number of anilines is 1. The lowest BCUT2D eigenvalue weighted by Crippen LogP contribution is -2.13. The molecule has 0 bridgehead atoms. The minimum atomic E-state index is -0.620. The number of aryl methyl sites for hydroxylation is 2. The molecule has 1 aromatic heterocycles. The summed E-state index contributed by atoms with van der Waals surface area (Å²) in [6.45, 7) is 4.02. The van der Waals surface area contributed by atoms with Gasteiger partial charge in [-0.1, -0.05) is 46.6 Å². The molecule has 1 amide bonds. The summed E-state index contributed by atoms with van der Waals surface area (Å²) in [6, 6.07) is 14.6. The normalized spacial score (nSPS) is 11.0. The van der Waals surface area contributed by atoms with Gasteiger partial charge in [-0.05, 0) is 43.2 Å². The molecule has 0 radical (unpaired) electrons. The molecule has 0 aliphatic heterocycles. The van der Waals surface area contributed by atoms with Gasteiger partial charge in [0.2, 0.25) is 0 Å². The number of nitrogens with one attached hydrogen (secondary N) is 1. The number of rotatable bonds is 7. The molecule has 0 saturated carbocycles. The first-order chi connectivity index (χ1) is 14.9. The smallest absolute Gasteiger partial charge is 0.267 e. The Morgan fingerprint density at radius 3 is 2.74 bits per heavy atom. The summed E-state index contributed by atoms with van der Waals surface area (Å²) in [5, 5.41) is 15.9. The number of nitriles is 1. The van der Waals surface area contributed by atoms with Crippen molar-refractivity contribution in [3.05, 3.63) is 75.5 Å². The van der Waals surface area contributed by atoms with Crippen LogP contribution in [0.1, 0.15) is 22.5 Å². The fourth-order valence-corrected chi connectivity index (χ4v) is 3.12. The molecule has 8 heteroatoms. The van der Waals surface area contributed by atoms with Crippen molar-refractivity contribution in [2.24, 2.45) is 0 Å². The summed E-state index contributed by atoms with van der Waals surface area (Å²) in [5.41, 5.74) is 2.50. The van der Waals surface area contributed by atoms with E-state index < -0.39 is 5.91 Å². The van der Waals surface area contributed by atoms with E-state index in [0.29, 0.717) is 34.5 Å². The molecule has 31 heavy (non-hydrogen) atoms. The van der Waals surface area contributed by atoms with Crippen LogP contribution in [0.15, 0.2) is 52.6 Å². The van der Waals surface area contributed by atoms with Gasteiger partial charge >= 0.3 is 0 Å². The monoisotopic (exact) mass is 437 g/mol. The number of carbonyl (C=O) groups excluding carboxylic acids is 1. The molecular weight excluding hydrogens is 418 g/mol. The Balaban J connectivity index is 1.81. The number of ether oxygens (including phenoxy) is 2. The van der Waals surface area contributed by atoms with E-state index in [4.69, 9.17) is 25.6 Å². The molecule has 0 spiro atoms. The van der Waals surface area contributed by atoms with Crippen LogP contribution in [0.4, 0.5) is 5.82 Å². The lowest BCUT2D eigenvalue weighted by atomic mass is 10.1. The summed E-state index contributed by atoms with van der Waals surface area (Å²) in [4.78, 5) is 12.4.